The molecular weight excluding hydrogens is 248 g/mol. The SMILES string of the molecule is Cc1noc2ncnc(N3CCC(C)C3C(=O)O)c12. The zero-order valence-electron chi connectivity index (χ0n) is 10.7. The van der Waals surface area contributed by atoms with Crippen LogP contribution in [0.1, 0.15) is 19.0 Å². The number of hydrogen-bond acceptors (Lipinski definition) is 6. The number of carboxylic acids is 1. The number of aromatic nitrogens is 3. The van der Waals surface area contributed by atoms with Gasteiger partial charge in [-0.15, -0.1) is 0 Å². The molecule has 0 amide bonds. The molecule has 1 saturated heterocycles. The molecule has 0 aromatic carbocycles. The van der Waals surface area contributed by atoms with Crippen molar-refractivity contribution in [1.29, 1.82) is 0 Å². The number of carbonyl (C=O) groups is 1. The predicted octanol–water partition coefficient (Wildman–Crippen LogP) is 1.23. The Morgan fingerprint density at radius 2 is 2.32 bits per heavy atom. The van der Waals surface area contributed by atoms with Gasteiger partial charge in [-0.05, 0) is 19.3 Å². The minimum absolute atomic E-state index is 0.0858. The first-order valence-electron chi connectivity index (χ1n) is 6.16. The minimum atomic E-state index is -0.828. The normalized spacial score (nSPS) is 23.2. The maximum absolute atomic E-state index is 11.4. The molecule has 0 saturated carbocycles. The van der Waals surface area contributed by atoms with Crippen LogP contribution in [0.5, 0.6) is 0 Å². The zero-order chi connectivity index (χ0) is 13.6. The topological polar surface area (TPSA) is 92.4 Å². The van der Waals surface area contributed by atoms with Crippen LogP contribution in [0.4, 0.5) is 5.82 Å². The first-order chi connectivity index (χ1) is 9.09. The first kappa shape index (κ1) is 11.9. The number of rotatable bonds is 2. The van der Waals surface area contributed by atoms with Crippen LogP contribution in [0, 0.1) is 12.8 Å². The molecule has 2 atom stereocenters. The van der Waals surface area contributed by atoms with Gasteiger partial charge in [0.25, 0.3) is 5.71 Å². The van der Waals surface area contributed by atoms with E-state index in [0.717, 1.165) is 6.42 Å². The summed E-state index contributed by atoms with van der Waals surface area (Å²) in [5.41, 5.74) is 1.07. The Morgan fingerprint density at radius 1 is 1.53 bits per heavy atom. The zero-order valence-corrected chi connectivity index (χ0v) is 10.7. The van der Waals surface area contributed by atoms with Crippen molar-refractivity contribution in [2.75, 3.05) is 11.4 Å². The molecule has 1 fully saturated rings. The molecular formula is C12H14N4O3. The maximum atomic E-state index is 11.4. The average Bonchev–Trinajstić information content (AvgIpc) is 2.93. The van der Waals surface area contributed by atoms with Gasteiger partial charge in [-0.3, -0.25) is 0 Å². The van der Waals surface area contributed by atoms with Crippen molar-refractivity contribution in [2.45, 2.75) is 26.3 Å². The molecule has 19 heavy (non-hydrogen) atoms. The van der Waals surface area contributed by atoms with Gasteiger partial charge in [-0.25, -0.2) is 9.78 Å². The van der Waals surface area contributed by atoms with E-state index in [0.29, 0.717) is 29.2 Å². The van der Waals surface area contributed by atoms with Gasteiger partial charge in [0, 0.05) is 6.54 Å². The number of hydrogen-bond donors (Lipinski definition) is 1. The lowest BCUT2D eigenvalue weighted by atomic mass is 10.0. The van der Waals surface area contributed by atoms with Crippen LogP contribution < -0.4 is 4.90 Å². The van der Waals surface area contributed by atoms with Gasteiger partial charge in [0.15, 0.2) is 0 Å². The predicted molar refractivity (Wildman–Crippen MR) is 66.9 cm³/mol. The van der Waals surface area contributed by atoms with Gasteiger partial charge < -0.3 is 14.5 Å². The highest BCUT2D eigenvalue weighted by Gasteiger charge is 2.38. The van der Waals surface area contributed by atoms with Crippen LogP contribution in [0.2, 0.25) is 0 Å². The largest absolute Gasteiger partial charge is 0.480 e. The fraction of sp³-hybridized carbons (Fsp3) is 0.500. The van der Waals surface area contributed by atoms with Crippen molar-refractivity contribution in [3.05, 3.63) is 12.0 Å². The summed E-state index contributed by atoms with van der Waals surface area (Å²) >= 11 is 0. The molecule has 0 aliphatic carbocycles. The lowest BCUT2D eigenvalue weighted by Crippen LogP contribution is -2.39. The van der Waals surface area contributed by atoms with E-state index in [4.69, 9.17) is 4.52 Å². The summed E-state index contributed by atoms with van der Waals surface area (Å²) < 4.78 is 5.10. The monoisotopic (exact) mass is 262 g/mol. The summed E-state index contributed by atoms with van der Waals surface area (Å²) in [7, 11) is 0. The Balaban J connectivity index is 2.14. The molecule has 100 valence electrons. The van der Waals surface area contributed by atoms with Crippen LogP contribution in [0.25, 0.3) is 11.1 Å². The van der Waals surface area contributed by atoms with Crippen molar-refractivity contribution < 1.29 is 14.4 Å². The van der Waals surface area contributed by atoms with Crippen LogP contribution >= 0.6 is 0 Å². The van der Waals surface area contributed by atoms with Gasteiger partial charge in [-0.1, -0.05) is 12.1 Å². The van der Waals surface area contributed by atoms with Crippen molar-refractivity contribution in [1.82, 2.24) is 15.1 Å². The number of anilines is 1. The molecule has 3 heterocycles. The van der Waals surface area contributed by atoms with Crippen LogP contribution in [-0.2, 0) is 4.79 Å². The van der Waals surface area contributed by atoms with Gasteiger partial charge in [-0.2, -0.15) is 4.98 Å². The van der Waals surface area contributed by atoms with Gasteiger partial charge in [0.2, 0.25) is 0 Å². The van der Waals surface area contributed by atoms with E-state index >= 15 is 0 Å². The Morgan fingerprint density at radius 3 is 3.05 bits per heavy atom. The minimum Gasteiger partial charge on any atom is -0.480 e. The highest BCUT2D eigenvalue weighted by molar-refractivity contribution is 5.90. The molecule has 2 unspecified atom stereocenters. The van der Waals surface area contributed by atoms with Crippen molar-refractivity contribution in [3.8, 4) is 0 Å². The van der Waals surface area contributed by atoms with E-state index in [1.807, 2.05) is 6.92 Å². The summed E-state index contributed by atoms with van der Waals surface area (Å²) in [6.45, 7) is 4.40. The third-order valence-corrected chi connectivity index (χ3v) is 3.65. The van der Waals surface area contributed by atoms with Gasteiger partial charge >= 0.3 is 5.97 Å². The van der Waals surface area contributed by atoms with E-state index < -0.39 is 12.0 Å². The lowest BCUT2D eigenvalue weighted by Gasteiger charge is -2.24. The standard InChI is InChI=1S/C12H14N4O3/c1-6-3-4-16(9(6)12(17)18)10-8-7(2)15-19-11(8)14-5-13-10/h5-6,9H,3-4H2,1-2H3,(H,17,18). The molecule has 2 aromatic heterocycles. The summed E-state index contributed by atoms with van der Waals surface area (Å²) in [5.74, 6) is -0.144. The van der Waals surface area contributed by atoms with Crippen molar-refractivity contribution >= 4 is 22.9 Å². The highest BCUT2D eigenvalue weighted by atomic mass is 16.5. The fourth-order valence-electron chi connectivity index (χ4n) is 2.68. The molecule has 1 N–H and O–H groups in total. The number of nitrogens with zero attached hydrogens (tertiary/aromatic N) is 4. The molecule has 2 aromatic rings. The molecule has 0 spiro atoms. The molecule has 0 bridgehead atoms. The van der Waals surface area contributed by atoms with E-state index in [1.54, 1.807) is 11.8 Å². The van der Waals surface area contributed by atoms with E-state index in [-0.39, 0.29) is 5.92 Å². The highest BCUT2D eigenvalue weighted by Crippen LogP contribution is 2.33. The Hall–Kier alpha value is -2.18. The van der Waals surface area contributed by atoms with Crippen molar-refractivity contribution in [2.24, 2.45) is 5.92 Å². The Labute approximate surface area is 109 Å². The number of fused-ring (bicyclic) bond motifs is 1. The van der Waals surface area contributed by atoms with Crippen molar-refractivity contribution in [3.63, 3.8) is 0 Å². The molecule has 1 aliphatic heterocycles. The Bertz CT molecular complexity index is 639. The molecule has 0 radical (unpaired) electrons. The smallest absolute Gasteiger partial charge is 0.326 e. The van der Waals surface area contributed by atoms with E-state index in [2.05, 4.69) is 15.1 Å². The third-order valence-electron chi connectivity index (χ3n) is 3.65. The quantitative estimate of drug-likeness (QED) is 0.869. The van der Waals surface area contributed by atoms with Gasteiger partial charge in [0.1, 0.15) is 23.6 Å². The second-order valence-electron chi connectivity index (χ2n) is 4.89. The third kappa shape index (κ3) is 1.73. The first-order valence-corrected chi connectivity index (χ1v) is 6.16. The molecule has 7 nitrogen and oxygen atoms in total. The van der Waals surface area contributed by atoms with E-state index in [1.165, 1.54) is 6.33 Å². The second kappa shape index (κ2) is 4.18. The molecule has 1 aliphatic rings. The van der Waals surface area contributed by atoms with E-state index in [9.17, 15) is 9.90 Å². The molecule has 7 heteroatoms. The number of carboxylic acid groups (broad SMARTS) is 1. The number of aryl methyl sites for hydroxylation is 1. The van der Waals surface area contributed by atoms with Gasteiger partial charge in [0.05, 0.1) is 5.69 Å². The Kier molecular flexibility index (Phi) is 2.62. The molecule has 3 rings (SSSR count). The average molecular weight is 262 g/mol. The summed E-state index contributed by atoms with van der Waals surface area (Å²) in [5, 5.41) is 13.9. The maximum Gasteiger partial charge on any atom is 0.326 e. The van der Waals surface area contributed by atoms with Crippen LogP contribution in [-0.4, -0.2) is 38.8 Å². The summed E-state index contributed by atoms with van der Waals surface area (Å²) in [4.78, 5) is 21.5. The fourth-order valence-corrected chi connectivity index (χ4v) is 2.68. The second-order valence-corrected chi connectivity index (χ2v) is 4.89. The van der Waals surface area contributed by atoms with Crippen LogP contribution in [0.3, 0.4) is 0 Å². The van der Waals surface area contributed by atoms with Crippen LogP contribution in [0.15, 0.2) is 10.9 Å². The lowest BCUT2D eigenvalue weighted by molar-refractivity contribution is -0.139. The summed E-state index contributed by atoms with van der Waals surface area (Å²) in [6, 6.07) is -0.563. The summed E-state index contributed by atoms with van der Waals surface area (Å²) in [6.07, 6.45) is 2.21. The number of aliphatic carboxylic acids is 1.